The van der Waals surface area contributed by atoms with Crippen molar-refractivity contribution in [1.82, 2.24) is 0 Å². The van der Waals surface area contributed by atoms with Gasteiger partial charge in [0.25, 0.3) is 0 Å². The molecule has 0 saturated carbocycles. The summed E-state index contributed by atoms with van der Waals surface area (Å²) < 4.78 is 0. The van der Waals surface area contributed by atoms with E-state index in [2.05, 4.69) is 40.7 Å². The molecule has 0 fully saturated rings. The first-order valence-electron chi connectivity index (χ1n) is 3.75. The van der Waals surface area contributed by atoms with Crippen molar-refractivity contribution in [3.8, 4) is 0 Å². The molecule has 0 nitrogen and oxygen atoms in total. The van der Waals surface area contributed by atoms with Crippen molar-refractivity contribution < 1.29 is 74.2 Å². The fourth-order valence-corrected chi connectivity index (χ4v) is 1.41. The van der Waals surface area contributed by atoms with Crippen LogP contribution >= 0.6 is 0 Å². The Kier molecular flexibility index (Phi) is 11.2. The minimum atomic E-state index is 0. The van der Waals surface area contributed by atoms with Gasteiger partial charge in [-0.1, -0.05) is 33.1 Å². The summed E-state index contributed by atoms with van der Waals surface area (Å²) in [4.78, 5) is 0. The Bertz CT molecular complexity index is 227. The van der Waals surface area contributed by atoms with Gasteiger partial charge >= 0.3 is 26.2 Å². The zero-order valence-electron chi connectivity index (χ0n) is 8.76. The van der Waals surface area contributed by atoms with E-state index < -0.39 is 0 Å². The topological polar surface area (TPSA) is 0 Å². The zero-order valence-corrected chi connectivity index (χ0v) is 15.5. The molecule has 73 valence electrons. The van der Waals surface area contributed by atoms with Crippen molar-refractivity contribution in [1.29, 1.82) is 0 Å². The number of hydrogen-bond donors (Lipinski definition) is 0. The standard InChI is InChI=1S/C10H15.2HI.Zr/c1-7-6-10(4,5)9(3)8(7)2;;;/h1-5H3;2*1H;/q-1;;;+3/p-2. The van der Waals surface area contributed by atoms with E-state index in [1.807, 2.05) is 0 Å². The predicted molar refractivity (Wildman–Crippen MR) is 44.6 cm³/mol. The molecule has 0 aliphatic heterocycles. The molecular formula is C10H15I2Zr. The molecule has 0 atom stereocenters. The molecule has 0 amide bonds. The second-order valence-electron chi connectivity index (χ2n) is 3.62. The van der Waals surface area contributed by atoms with Crippen molar-refractivity contribution in [2.24, 2.45) is 5.41 Å². The van der Waals surface area contributed by atoms with Crippen molar-refractivity contribution in [3.05, 3.63) is 22.8 Å². The molecule has 0 saturated heterocycles. The summed E-state index contributed by atoms with van der Waals surface area (Å²) in [5.41, 5.74) is 4.39. The first-order chi connectivity index (χ1) is 4.45. The Morgan fingerprint density at radius 2 is 1.38 bits per heavy atom. The average molecular weight is 480 g/mol. The van der Waals surface area contributed by atoms with Gasteiger partial charge in [0, 0.05) is 0 Å². The molecule has 0 bridgehead atoms. The molecule has 3 heteroatoms. The third kappa shape index (κ3) is 4.46. The Labute approximate surface area is 135 Å². The van der Waals surface area contributed by atoms with Gasteiger partial charge in [0.2, 0.25) is 0 Å². The van der Waals surface area contributed by atoms with Crippen LogP contribution in [0.25, 0.3) is 0 Å². The molecule has 0 aromatic rings. The number of rotatable bonds is 0. The Balaban J connectivity index is -0.000000333. The van der Waals surface area contributed by atoms with Gasteiger partial charge in [-0.25, -0.2) is 5.57 Å². The van der Waals surface area contributed by atoms with Crippen LogP contribution in [0.2, 0.25) is 0 Å². The van der Waals surface area contributed by atoms with Gasteiger partial charge in [0.05, 0.1) is 0 Å². The largest absolute Gasteiger partial charge is 3.00 e. The summed E-state index contributed by atoms with van der Waals surface area (Å²) >= 11 is 0. The van der Waals surface area contributed by atoms with Crippen molar-refractivity contribution in [2.75, 3.05) is 0 Å². The SMILES string of the molecule is CC1=[C-]C(C)(C)C(C)=C1C.[I-].[I-].[Zr+3]. The second kappa shape index (κ2) is 7.16. The Morgan fingerprint density at radius 3 is 1.46 bits per heavy atom. The van der Waals surface area contributed by atoms with Crippen molar-refractivity contribution >= 4 is 0 Å². The smallest absolute Gasteiger partial charge is 1.00 e. The second-order valence-corrected chi connectivity index (χ2v) is 3.62. The first kappa shape index (κ1) is 20.3. The molecule has 1 radical (unpaired) electrons. The molecule has 0 N–H and O–H groups in total. The van der Waals surface area contributed by atoms with Gasteiger partial charge in [0.1, 0.15) is 0 Å². The van der Waals surface area contributed by atoms with Gasteiger partial charge in [-0.05, 0) is 0 Å². The maximum Gasteiger partial charge on any atom is 3.00 e. The number of hydrogen-bond acceptors (Lipinski definition) is 0. The van der Waals surface area contributed by atoms with Crippen molar-refractivity contribution in [3.63, 3.8) is 0 Å². The number of allylic oxidation sites excluding steroid dienone is 4. The van der Waals surface area contributed by atoms with Crippen LogP contribution in [0.4, 0.5) is 0 Å². The summed E-state index contributed by atoms with van der Waals surface area (Å²) in [6, 6.07) is 0. The molecule has 1 rings (SSSR count). The third-order valence-electron chi connectivity index (χ3n) is 2.56. The quantitative estimate of drug-likeness (QED) is 0.258. The van der Waals surface area contributed by atoms with E-state index in [0.29, 0.717) is 0 Å². The molecular weight excluding hydrogens is 465 g/mol. The molecule has 0 spiro atoms. The Hall–Kier alpha value is 1.82. The minimum Gasteiger partial charge on any atom is -1.00 e. The van der Waals surface area contributed by atoms with Gasteiger partial charge < -0.3 is 48.0 Å². The van der Waals surface area contributed by atoms with E-state index in [9.17, 15) is 0 Å². The predicted octanol–water partition coefficient (Wildman–Crippen LogP) is -2.88. The molecule has 1 aliphatic carbocycles. The summed E-state index contributed by atoms with van der Waals surface area (Å²) in [6.45, 7) is 10.9. The van der Waals surface area contributed by atoms with E-state index in [0.717, 1.165) is 0 Å². The third-order valence-corrected chi connectivity index (χ3v) is 2.56. The van der Waals surface area contributed by atoms with E-state index >= 15 is 0 Å². The van der Waals surface area contributed by atoms with Gasteiger partial charge in [-0.2, -0.15) is 11.1 Å². The molecule has 1 aliphatic rings. The first-order valence-corrected chi connectivity index (χ1v) is 3.75. The Morgan fingerprint density at radius 1 is 1.00 bits per heavy atom. The van der Waals surface area contributed by atoms with Crippen molar-refractivity contribution in [2.45, 2.75) is 34.6 Å². The van der Waals surface area contributed by atoms with Crippen LogP contribution in [0.3, 0.4) is 0 Å². The van der Waals surface area contributed by atoms with Crippen LogP contribution in [0.1, 0.15) is 34.6 Å². The minimum absolute atomic E-state index is 0. The van der Waals surface area contributed by atoms with Crippen LogP contribution in [0.5, 0.6) is 0 Å². The summed E-state index contributed by atoms with van der Waals surface area (Å²) in [5.74, 6) is 0. The number of halogens is 2. The van der Waals surface area contributed by atoms with Gasteiger partial charge in [-0.15, -0.1) is 6.92 Å². The molecule has 0 aromatic carbocycles. The molecule has 0 heterocycles. The van der Waals surface area contributed by atoms with Crippen LogP contribution in [0.15, 0.2) is 16.7 Å². The van der Waals surface area contributed by atoms with E-state index in [1.165, 1.54) is 16.7 Å². The summed E-state index contributed by atoms with van der Waals surface area (Å²) in [6.07, 6.45) is 3.44. The zero-order chi connectivity index (χ0) is 7.94. The molecule has 13 heavy (non-hydrogen) atoms. The summed E-state index contributed by atoms with van der Waals surface area (Å²) in [5, 5.41) is 0. The van der Waals surface area contributed by atoms with E-state index in [1.54, 1.807) is 0 Å². The summed E-state index contributed by atoms with van der Waals surface area (Å²) in [7, 11) is 0. The molecule has 0 aromatic heterocycles. The fraction of sp³-hybridized carbons (Fsp3) is 0.600. The monoisotopic (exact) mass is 479 g/mol. The van der Waals surface area contributed by atoms with Crippen LogP contribution in [-0.2, 0) is 26.2 Å². The van der Waals surface area contributed by atoms with Crippen LogP contribution < -0.4 is 48.0 Å². The van der Waals surface area contributed by atoms with E-state index in [4.69, 9.17) is 0 Å². The molecule has 0 unspecified atom stereocenters. The van der Waals surface area contributed by atoms with Crippen LogP contribution in [-0.4, -0.2) is 0 Å². The average Bonchev–Trinajstić information content (AvgIpc) is 1.95. The maximum absolute atomic E-state index is 3.44. The maximum atomic E-state index is 3.44. The van der Waals surface area contributed by atoms with Gasteiger partial charge in [-0.3, -0.25) is 6.08 Å². The normalized spacial score (nSPS) is 18.1. The fourth-order valence-electron chi connectivity index (χ4n) is 1.41. The van der Waals surface area contributed by atoms with Gasteiger partial charge in [0.15, 0.2) is 0 Å². The van der Waals surface area contributed by atoms with E-state index in [-0.39, 0.29) is 79.6 Å². The van der Waals surface area contributed by atoms with Crippen LogP contribution in [0, 0.1) is 11.5 Å².